The van der Waals surface area contributed by atoms with E-state index in [4.69, 9.17) is 9.15 Å². The molecule has 0 saturated heterocycles. The molecule has 0 bridgehead atoms. The molecule has 2 aromatic carbocycles. The second kappa shape index (κ2) is 9.13. The zero-order chi connectivity index (χ0) is 22.5. The van der Waals surface area contributed by atoms with Crippen molar-refractivity contribution in [3.05, 3.63) is 90.2 Å². The Kier molecular flexibility index (Phi) is 5.94. The molecule has 4 rings (SSSR count). The molecule has 160 valence electrons. The van der Waals surface area contributed by atoms with Gasteiger partial charge in [0.1, 0.15) is 5.69 Å². The van der Waals surface area contributed by atoms with Gasteiger partial charge in [-0.05, 0) is 24.3 Å². The quantitative estimate of drug-likeness (QED) is 0.466. The number of furan rings is 1. The number of fused-ring (bicyclic) bond motifs is 1. The van der Waals surface area contributed by atoms with E-state index in [1.807, 2.05) is 0 Å². The number of hydrogen-bond acceptors (Lipinski definition) is 6. The summed E-state index contributed by atoms with van der Waals surface area (Å²) >= 11 is 0. The summed E-state index contributed by atoms with van der Waals surface area (Å²) in [4.78, 5) is 42.2. The number of hydrogen-bond donors (Lipinski definition) is 2. The molecule has 1 atom stereocenters. The van der Waals surface area contributed by atoms with Crippen LogP contribution in [0.5, 0.6) is 0 Å². The van der Waals surface area contributed by atoms with Crippen LogP contribution in [0.4, 0.5) is 4.79 Å². The van der Waals surface area contributed by atoms with Gasteiger partial charge in [-0.3, -0.25) is 10.1 Å². The Balaban J connectivity index is 1.73. The second-order valence-electron chi connectivity index (χ2n) is 6.81. The van der Waals surface area contributed by atoms with Crippen LogP contribution in [-0.4, -0.2) is 29.9 Å². The van der Waals surface area contributed by atoms with Gasteiger partial charge in [0.05, 0.1) is 17.3 Å². The van der Waals surface area contributed by atoms with Crippen LogP contribution in [0.3, 0.4) is 0 Å². The van der Waals surface area contributed by atoms with Crippen molar-refractivity contribution in [2.75, 3.05) is 7.05 Å². The summed E-state index contributed by atoms with van der Waals surface area (Å²) in [6.45, 7) is 0. The topological polar surface area (TPSA) is 111 Å². The van der Waals surface area contributed by atoms with Gasteiger partial charge in [-0.2, -0.15) is 0 Å². The van der Waals surface area contributed by atoms with Crippen LogP contribution in [0.25, 0.3) is 22.4 Å². The fourth-order valence-electron chi connectivity index (χ4n) is 3.21. The summed E-state index contributed by atoms with van der Waals surface area (Å²) in [5, 5.41) is 5.03. The second-order valence-corrected chi connectivity index (χ2v) is 6.81. The molecule has 0 aliphatic rings. The number of pyridine rings is 1. The number of amides is 3. The number of esters is 1. The lowest BCUT2D eigenvalue weighted by Gasteiger charge is -2.18. The molecule has 2 aromatic heterocycles. The van der Waals surface area contributed by atoms with Crippen molar-refractivity contribution in [1.82, 2.24) is 15.6 Å². The van der Waals surface area contributed by atoms with Crippen LogP contribution < -0.4 is 10.6 Å². The molecular formula is C24H19N3O5. The maximum Gasteiger partial charge on any atom is 0.340 e. The third kappa shape index (κ3) is 4.34. The molecule has 0 spiro atoms. The minimum atomic E-state index is -1.33. The van der Waals surface area contributed by atoms with Gasteiger partial charge in [-0.15, -0.1) is 0 Å². The normalized spacial score (nSPS) is 11.5. The van der Waals surface area contributed by atoms with Crippen LogP contribution in [-0.2, 0) is 9.53 Å². The van der Waals surface area contributed by atoms with Gasteiger partial charge in [-0.1, -0.05) is 48.5 Å². The molecule has 2 N–H and O–H groups in total. The molecule has 0 fully saturated rings. The number of rotatable bonds is 5. The molecule has 32 heavy (non-hydrogen) atoms. The number of para-hydroxylation sites is 1. The lowest BCUT2D eigenvalue weighted by atomic mass is 10.1. The van der Waals surface area contributed by atoms with Crippen molar-refractivity contribution in [2.45, 2.75) is 6.10 Å². The van der Waals surface area contributed by atoms with Crippen LogP contribution in [0.1, 0.15) is 22.0 Å². The Morgan fingerprint density at radius 2 is 1.72 bits per heavy atom. The summed E-state index contributed by atoms with van der Waals surface area (Å²) in [5.41, 5.74) is 1.66. The SMILES string of the molecule is CNC(=O)NC(=O)[C@@H](OC(=O)c1cc(-c2ccco2)nc2ccccc12)c1ccccc1. The largest absolute Gasteiger partial charge is 0.463 e. The van der Waals surface area contributed by atoms with Gasteiger partial charge < -0.3 is 14.5 Å². The summed E-state index contributed by atoms with van der Waals surface area (Å²) < 4.78 is 11.0. The Hall–Kier alpha value is -4.46. The predicted molar refractivity (Wildman–Crippen MR) is 117 cm³/mol. The number of benzene rings is 2. The highest BCUT2D eigenvalue weighted by Crippen LogP contribution is 2.27. The summed E-state index contributed by atoms with van der Waals surface area (Å²) in [6, 6.07) is 19.9. The molecular weight excluding hydrogens is 410 g/mol. The van der Waals surface area contributed by atoms with Crippen molar-refractivity contribution in [3.8, 4) is 11.5 Å². The lowest BCUT2D eigenvalue weighted by Crippen LogP contribution is -2.41. The van der Waals surface area contributed by atoms with Crippen molar-refractivity contribution >= 4 is 28.8 Å². The van der Waals surface area contributed by atoms with E-state index >= 15 is 0 Å². The average Bonchev–Trinajstić information content (AvgIpc) is 3.37. The maximum absolute atomic E-state index is 13.3. The molecule has 0 unspecified atom stereocenters. The Morgan fingerprint density at radius 1 is 0.969 bits per heavy atom. The maximum atomic E-state index is 13.3. The number of imide groups is 1. The van der Waals surface area contributed by atoms with E-state index in [2.05, 4.69) is 15.6 Å². The first-order chi connectivity index (χ1) is 15.6. The Bertz CT molecular complexity index is 1270. The number of urea groups is 1. The number of carbonyl (C=O) groups excluding carboxylic acids is 3. The Morgan fingerprint density at radius 3 is 2.44 bits per heavy atom. The van der Waals surface area contributed by atoms with E-state index in [0.29, 0.717) is 27.9 Å². The fourth-order valence-corrected chi connectivity index (χ4v) is 3.21. The minimum absolute atomic E-state index is 0.218. The van der Waals surface area contributed by atoms with Gasteiger partial charge in [0.2, 0.25) is 6.10 Å². The van der Waals surface area contributed by atoms with Gasteiger partial charge >= 0.3 is 12.0 Å². The summed E-state index contributed by atoms with van der Waals surface area (Å²) in [6.07, 6.45) is 0.179. The first-order valence-electron chi connectivity index (χ1n) is 9.79. The molecule has 2 heterocycles. The zero-order valence-corrected chi connectivity index (χ0v) is 17.1. The highest BCUT2D eigenvalue weighted by atomic mass is 16.5. The molecule has 4 aromatic rings. The number of ether oxygens (including phenoxy) is 1. The molecule has 0 radical (unpaired) electrons. The lowest BCUT2D eigenvalue weighted by molar-refractivity contribution is -0.129. The average molecular weight is 429 g/mol. The van der Waals surface area contributed by atoms with E-state index in [0.717, 1.165) is 0 Å². The fraction of sp³-hybridized carbons (Fsp3) is 0.0833. The van der Waals surface area contributed by atoms with Gasteiger partial charge in [-0.25, -0.2) is 14.6 Å². The molecule has 8 nitrogen and oxygen atoms in total. The van der Waals surface area contributed by atoms with Crippen LogP contribution >= 0.6 is 0 Å². The van der Waals surface area contributed by atoms with Crippen molar-refractivity contribution < 1.29 is 23.5 Å². The van der Waals surface area contributed by atoms with Crippen LogP contribution in [0.15, 0.2) is 83.5 Å². The van der Waals surface area contributed by atoms with Crippen molar-refractivity contribution in [2.24, 2.45) is 0 Å². The smallest absolute Gasteiger partial charge is 0.340 e. The van der Waals surface area contributed by atoms with E-state index in [1.54, 1.807) is 72.8 Å². The highest BCUT2D eigenvalue weighted by molar-refractivity contribution is 6.06. The van der Waals surface area contributed by atoms with Gasteiger partial charge in [0.25, 0.3) is 5.91 Å². The summed E-state index contributed by atoms with van der Waals surface area (Å²) in [7, 11) is 1.38. The molecule has 8 heteroatoms. The minimum Gasteiger partial charge on any atom is -0.463 e. The number of carbonyl (C=O) groups is 3. The number of nitrogens with zero attached hydrogens (tertiary/aromatic N) is 1. The third-order valence-electron chi connectivity index (χ3n) is 4.74. The van der Waals surface area contributed by atoms with E-state index in [1.165, 1.54) is 13.3 Å². The molecule has 0 saturated carbocycles. The van der Waals surface area contributed by atoms with Crippen LogP contribution in [0.2, 0.25) is 0 Å². The summed E-state index contributed by atoms with van der Waals surface area (Å²) in [5.74, 6) is -1.02. The first kappa shape index (κ1) is 20.8. The van der Waals surface area contributed by atoms with E-state index in [9.17, 15) is 14.4 Å². The van der Waals surface area contributed by atoms with Crippen molar-refractivity contribution in [1.29, 1.82) is 0 Å². The van der Waals surface area contributed by atoms with Crippen molar-refractivity contribution in [3.63, 3.8) is 0 Å². The van der Waals surface area contributed by atoms with Gasteiger partial charge in [0.15, 0.2) is 5.76 Å². The standard InChI is InChI=1S/C24H19N3O5/c1-25-24(30)27-22(28)21(15-8-3-2-4-9-15)32-23(29)17-14-19(20-12-7-13-31-20)26-18-11-6-5-10-16(17)18/h2-14,21H,1H3,(H2,25,27,28,30)/t21-/m0/s1. The number of nitrogens with one attached hydrogen (secondary N) is 2. The predicted octanol–water partition coefficient (Wildman–Crippen LogP) is 3.85. The Labute approximate surface area is 183 Å². The van der Waals surface area contributed by atoms with Gasteiger partial charge in [0, 0.05) is 18.0 Å². The number of aromatic nitrogens is 1. The monoisotopic (exact) mass is 429 g/mol. The third-order valence-corrected chi connectivity index (χ3v) is 4.74. The zero-order valence-electron chi connectivity index (χ0n) is 17.1. The van der Waals surface area contributed by atoms with E-state index < -0.39 is 24.0 Å². The highest BCUT2D eigenvalue weighted by Gasteiger charge is 2.28. The van der Waals surface area contributed by atoms with E-state index in [-0.39, 0.29) is 5.56 Å². The van der Waals surface area contributed by atoms with Crippen LogP contribution in [0, 0.1) is 0 Å². The molecule has 3 amide bonds. The molecule has 0 aliphatic heterocycles. The molecule has 0 aliphatic carbocycles. The first-order valence-corrected chi connectivity index (χ1v) is 9.79.